The Morgan fingerprint density at radius 3 is 2.79 bits per heavy atom. The maximum atomic E-state index is 11.1. The van der Waals surface area contributed by atoms with Crippen LogP contribution in [-0.2, 0) is 14.3 Å². The summed E-state index contributed by atoms with van der Waals surface area (Å²) in [5.41, 5.74) is 0. The van der Waals surface area contributed by atoms with Crippen molar-refractivity contribution in [2.45, 2.75) is 12.8 Å². The number of aliphatic carboxylic acids is 1. The lowest BCUT2D eigenvalue weighted by atomic mass is 9.98. The molecule has 1 aliphatic rings. The lowest BCUT2D eigenvalue weighted by molar-refractivity contribution is -0.144. The van der Waals surface area contributed by atoms with Gasteiger partial charge in [0.15, 0.2) is 0 Å². The second-order valence-corrected chi connectivity index (χ2v) is 3.50. The number of carbonyl (C=O) groups excluding carboxylic acids is 1. The van der Waals surface area contributed by atoms with E-state index in [4.69, 9.17) is 5.11 Å². The minimum absolute atomic E-state index is 0.0713. The Bertz CT molecular complexity index is 259. The fraction of sp³-hybridized carbons (Fsp3) is 0.600. The van der Waals surface area contributed by atoms with E-state index in [0.29, 0.717) is 12.8 Å². The van der Waals surface area contributed by atoms with E-state index in [0.717, 1.165) is 0 Å². The molecule has 78 valence electrons. The fourth-order valence-electron chi connectivity index (χ4n) is 1.72. The Kier molecular flexibility index (Phi) is 3.28. The van der Waals surface area contributed by atoms with Gasteiger partial charge in [-0.2, -0.15) is 0 Å². The molecule has 0 radical (unpaired) electrons. The van der Waals surface area contributed by atoms with Crippen molar-refractivity contribution in [1.82, 2.24) is 0 Å². The molecular weight excluding hydrogens is 184 g/mol. The van der Waals surface area contributed by atoms with E-state index in [-0.39, 0.29) is 17.8 Å². The van der Waals surface area contributed by atoms with Crippen molar-refractivity contribution in [2.75, 3.05) is 7.11 Å². The Balaban J connectivity index is 2.53. The SMILES string of the molecule is C=CCC(C(=O)O)C1CC1C(=O)OC. The maximum Gasteiger partial charge on any atom is 0.308 e. The van der Waals surface area contributed by atoms with Crippen LogP contribution in [0.4, 0.5) is 0 Å². The number of hydrogen-bond acceptors (Lipinski definition) is 3. The zero-order valence-electron chi connectivity index (χ0n) is 8.10. The normalized spacial score (nSPS) is 26.4. The summed E-state index contributed by atoms with van der Waals surface area (Å²) in [5, 5.41) is 8.89. The minimum Gasteiger partial charge on any atom is -0.481 e. The molecular formula is C10H14O4. The van der Waals surface area contributed by atoms with Gasteiger partial charge in [0.2, 0.25) is 0 Å². The zero-order chi connectivity index (χ0) is 10.7. The average molecular weight is 198 g/mol. The maximum absolute atomic E-state index is 11.1. The summed E-state index contributed by atoms with van der Waals surface area (Å²) >= 11 is 0. The van der Waals surface area contributed by atoms with E-state index in [9.17, 15) is 9.59 Å². The minimum atomic E-state index is -0.860. The summed E-state index contributed by atoms with van der Waals surface area (Å²) < 4.78 is 4.55. The average Bonchev–Trinajstić information content (AvgIpc) is 2.92. The second kappa shape index (κ2) is 4.26. The molecule has 1 aliphatic carbocycles. The van der Waals surface area contributed by atoms with E-state index in [1.807, 2.05) is 0 Å². The monoisotopic (exact) mass is 198 g/mol. The van der Waals surface area contributed by atoms with Gasteiger partial charge >= 0.3 is 11.9 Å². The number of esters is 1. The third kappa shape index (κ3) is 2.13. The molecule has 0 aliphatic heterocycles. The Morgan fingerprint density at radius 2 is 2.36 bits per heavy atom. The number of carbonyl (C=O) groups is 2. The molecule has 0 bridgehead atoms. The van der Waals surface area contributed by atoms with Crippen LogP contribution in [0.1, 0.15) is 12.8 Å². The van der Waals surface area contributed by atoms with Crippen LogP contribution < -0.4 is 0 Å². The molecule has 0 aromatic carbocycles. The van der Waals surface area contributed by atoms with Crippen molar-refractivity contribution in [3.8, 4) is 0 Å². The van der Waals surface area contributed by atoms with Gasteiger partial charge in [0.05, 0.1) is 18.9 Å². The number of rotatable bonds is 5. The molecule has 0 heterocycles. The first-order chi connectivity index (χ1) is 6.61. The molecule has 4 nitrogen and oxygen atoms in total. The molecule has 0 aromatic heterocycles. The van der Waals surface area contributed by atoms with Crippen LogP contribution in [0.25, 0.3) is 0 Å². The topological polar surface area (TPSA) is 63.6 Å². The van der Waals surface area contributed by atoms with Crippen LogP contribution in [0.2, 0.25) is 0 Å². The number of ether oxygens (including phenoxy) is 1. The van der Waals surface area contributed by atoms with E-state index >= 15 is 0 Å². The Hall–Kier alpha value is -1.32. The van der Waals surface area contributed by atoms with E-state index in [1.54, 1.807) is 6.08 Å². The molecule has 3 atom stereocenters. The summed E-state index contributed by atoms with van der Waals surface area (Å²) in [6.07, 6.45) is 2.61. The first-order valence-electron chi connectivity index (χ1n) is 4.53. The van der Waals surface area contributed by atoms with Gasteiger partial charge in [0.1, 0.15) is 0 Å². The molecule has 0 saturated heterocycles. The van der Waals surface area contributed by atoms with Crippen LogP contribution in [0, 0.1) is 17.8 Å². The highest BCUT2D eigenvalue weighted by Gasteiger charge is 2.50. The van der Waals surface area contributed by atoms with Crippen molar-refractivity contribution >= 4 is 11.9 Å². The van der Waals surface area contributed by atoms with Crippen molar-refractivity contribution in [1.29, 1.82) is 0 Å². The third-order valence-corrected chi connectivity index (χ3v) is 2.60. The van der Waals surface area contributed by atoms with Gasteiger partial charge in [-0.15, -0.1) is 6.58 Å². The van der Waals surface area contributed by atoms with Gasteiger partial charge in [0.25, 0.3) is 0 Å². The van der Waals surface area contributed by atoms with Gasteiger partial charge in [-0.05, 0) is 18.8 Å². The zero-order valence-corrected chi connectivity index (χ0v) is 8.10. The smallest absolute Gasteiger partial charge is 0.308 e. The molecule has 1 N–H and O–H groups in total. The molecule has 14 heavy (non-hydrogen) atoms. The molecule has 0 aromatic rings. The van der Waals surface area contributed by atoms with Crippen LogP contribution >= 0.6 is 0 Å². The number of hydrogen-bond donors (Lipinski definition) is 1. The van der Waals surface area contributed by atoms with Gasteiger partial charge in [-0.1, -0.05) is 6.08 Å². The van der Waals surface area contributed by atoms with Gasteiger partial charge in [0, 0.05) is 0 Å². The summed E-state index contributed by atoms with van der Waals surface area (Å²) in [5.74, 6) is -1.94. The highest BCUT2D eigenvalue weighted by Crippen LogP contribution is 2.46. The van der Waals surface area contributed by atoms with Gasteiger partial charge < -0.3 is 9.84 Å². The summed E-state index contributed by atoms with van der Waals surface area (Å²) in [4.78, 5) is 21.9. The first-order valence-corrected chi connectivity index (χ1v) is 4.53. The number of carboxylic acid groups (broad SMARTS) is 1. The second-order valence-electron chi connectivity index (χ2n) is 3.50. The summed E-state index contributed by atoms with van der Waals surface area (Å²) in [6, 6.07) is 0. The highest BCUT2D eigenvalue weighted by atomic mass is 16.5. The largest absolute Gasteiger partial charge is 0.481 e. The van der Waals surface area contributed by atoms with E-state index in [2.05, 4.69) is 11.3 Å². The quantitative estimate of drug-likeness (QED) is 0.530. The standard InChI is InChI=1S/C10H14O4/c1-3-4-6(9(11)12)7-5-8(7)10(13)14-2/h3,6-8H,1,4-5H2,2H3,(H,11,12). The molecule has 3 unspecified atom stereocenters. The van der Waals surface area contributed by atoms with Crippen molar-refractivity contribution < 1.29 is 19.4 Å². The van der Waals surface area contributed by atoms with Crippen molar-refractivity contribution in [2.24, 2.45) is 17.8 Å². The van der Waals surface area contributed by atoms with Crippen LogP contribution in [0.5, 0.6) is 0 Å². The Morgan fingerprint density at radius 1 is 1.71 bits per heavy atom. The predicted octanol–water partition coefficient (Wildman–Crippen LogP) is 1.07. The van der Waals surface area contributed by atoms with Gasteiger partial charge in [-0.25, -0.2) is 0 Å². The van der Waals surface area contributed by atoms with Crippen molar-refractivity contribution in [3.05, 3.63) is 12.7 Å². The molecule has 1 fully saturated rings. The lowest BCUT2D eigenvalue weighted by Gasteiger charge is -2.08. The number of methoxy groups -OCH3 is 1. The third-order valence-electron chi connectivity index (χ3n) is 2.60. The number of carboxylic acids is 1. The molecule has 0 spiro atoms. The first kappa shape index (κ1) is 10.8. The molecule has 4 heteroatoms. The van der Waals surface area contributed by atoms with Crippen LogP contribution in [0.3, 0.4) is 0 Å². The fourth-order valence-corrected chi connectivity index (χ4v) is 1.72. The van der Waals surface area contributed by atoms with E-state index < -0.39 is 11.9 Å². The molecule has 1 rings (SSSR count). The molecule has 1 saturated carbocycles. The highest BCUT2D eigenvalue weighted by molar-refractivity contribution is 5.79. The van der Waals surface area contributed by atoms with Crippen LogP contribution in [0.15, 0.2) is 12.7 Å². The molecule has 0 amide bonds. The van der Waals surface area contributed by atoms with Crippen molar-refractivity contribution in [3.63, 3.8) is 0 Å². The summed E-state index contributed by atoms with van der Waals surface area (Å²) in [6.45, 7) is 3.50. The summed E-state index contributed by atoms with van der Waals surface area (Å²) in [7, 11) is 1.32. The Labute approximate surface area is 82.6 Å². The van der Waals surface area contributed by atoms with Gasteiger partial charge in [-0.3, -0.25) is 9.59 Å². The predicted molar refractivity (Wildman–Crippen MR) is 49.6 cm³/mol. The van der Waals surface area contributed by atoms with E-state index in [1.165, 1.54) is 7.11 Å². The van der Waals surface area contributed by atoms with Crippen LogP contribution in [-0.4, -0.2) is 24.2 Å². The number of allylic oxidation sites excluding steroid dienone is 1. The lowest BCUT2D eigenvalue weighted by Crippen LogP contribution is -2.18.